The predicted molar refractivity (Wildman–Crippen MR) is 227 cm³/mol. The Labute approximate surface area is 314 Å². The molecule has 0 aliphatic carbocycles. The van der Waals surface area contributed by atoms with Gasteiger partial charge in [0.2, 0.25) is 0 Å². The van der Waals surface area contributed by atoms with E-state index >= 15 is 0 Å². The summed E-state index contributed by atoms with van der Waals surface area (Å²) in [4.78, 5) is 10.4. The molecule has 8 aromatic carbocycles. The highest BCUT2D eigenvalue weighted by Crippen LogP contribution is 2.39. The van der Waals surface area contributed by atoms with E-state index in [1.165, 1.54) is 32.7 Å². The smallest absolute Gasteiger partial charge is 0.0722 e. The summed E-state index contributed by atoms with van der Waals surface area (Å²) < 4.78 is 0. The Bertz CT molecular complexity index is 2900. The highest BCUT2D eigenvalue weighted by Gasteiger charge is 2.15. The summed E-state index contributed by atoms with van der Waals surface area (Å²) in [5.74, 6) is 0. The molecule has 0 aliphatic rings. The third kappa shape index (κ3) is 5.81. The molecule has 0 fully saturated rings. The van der Waals surface area contributed by atoms with Gasteiger partial charge in [0.15, 0.2) is 0 Å². The van der Waals surface area contributed by atoms with E-state index in [2.05, 4.69) is 194 Å². The molecule has 0 saturated heterocycles. The minimum atomic E-state index is 0.955. The van der Waals surface area contributed by atoms with Gasteiger partial charge in [-0.15, -0.1) is 0 Å². The molecule has 0 spiro atoms. The van der Waals surface area contributed by atoms with E-state index in [9.17, 15) is 0 Å². The minimum Gasteiger partial charge on any atom is -0.248 e. The first kappa shape index (κ1) is 31.6. The standard InChI is InChI=1S/C52H34N2/c1-3-15-39(16-4-1)50-32-42(33-51(54-50)40-17-5-2-6-18-40)35-25-27-38(28-26-35)47-34-52(46-24-12-20-37-14-8-10-22-44(37)46)53-49-30-29-41(31-48(47)49)45-23-11-19-36-13-7-9-21-43(36)45/h1-34H. The monoisotopic (exact) mass is 686 g/mol. The lowest BCUT2D eigenvalue weighted by atomic mass is 9.92. The summed E-state index contributed by atoms with van der Waals surface area (Å²) in [5, 5.41) is 6.00. The summed E-state index contributed by atoms with van der Waals surface area (Å²) in [6, 6.07) is 73.5. The lowest BCUT2D eigenvalue weighted by Gasteiger charge is -2.15. The third-order valence-electron chi connectivity index (χ3n) is 10.5. The van der Waals surface area contributed by atoms with Crippen molar-refractivity contribution in [2.24, 2.45) is 0 Å². The molecule has 54 heavy (non-hydrogen) atoms. The maximum absolute atomic E-state index is 5.31. The highest BCUT2D eigenvalue weighted by atomic mass is 14.7. The second-order valence-electron chi connectivity index (χ2n) is 13.8. The Kier molecular flexibility index (Phi) is 7.85. The van der Waals surface area contributed by atoms with Crippen molar-refractivity contribution >= 4 is 32.4 Å². The molecule has 0 saturated carbocycles. The molecule has 2 nitrogen and oxygen atoms in total. The zero-order valence-electron chi connectivity index (χ0n) is 29.5. The first-order chi connectivity index (χ1) is 26.7. The van der Waals surface area contributed by atoms with Crippen molar-refractivity contribution in [3.63, 3.8) is 0 Å². The number of aromatic nitrogens is 2. The summed E-state index contributed by atoms with van der Waals surface area (Å²) in [5.41, 5.74) is 14.1. The van der Waals surface area contributed by atoms with Crippen molar-refractivity contribution < 1.29 is 0 Å². The first-order valence-corrected chi connectivity index (χ1v) is 18.4. The van der Waals surface area contributed by atoms with Crippen LogP contribution in [0.4, 0.5) is 0 Å². The van der Waals surface area contributed by atoms with Gasteiger partial charge in [-0.3, -0.25) is 0 Å². The van der Waals surface area contributed by atoms with Gasteiger partial charge in [-0.25, -0.2) is 9.97 Å². The van der Waals surface area contributed by atoms with Gasteiger partial charge in [-0.05, 0) is 85.3 Å². The van der Waals surface area contributed by atoms with Gasteiger partial charge in [0.05, 0.1) is 22.6 Å². The number of fused-ring (bicyclic) bond motifs is 3. The zero-order valence-corrected chi connectivity index (χ0v) is 29.5. The molecule has 252 valence electrons. The molecule has 0 aliphatic heterocycles. The summed E-state index contributed by atoms with van der Waals surface area (Å²) in [6.07, 6.45) is 0. The van der Waals surface area contributed by atoms with Crippen LogP contribution in [0.5, 0.6) is 0 Å². The van der Waals surface area contributed by atoms with Crippen molar-refractivity contribution in [3.8, 4) is 67.2 Å². The minimum absolute atomic E-state index is 0.955. The number of benzene rings is 8. The average Bonchev–Trinajstić information content (AvgIpc) is 3.26. The van der Waals surface area contributed by atoms with E-state index in [1.807, 2.05) is 12.1 Å². The average molecular weight is 687 g/mol. The third-order valence-corrected chi connectivity index (χ3v) is 10.5. The van der Waals surface area contributed by atoms with Gasteiger partial charge in [0.25, 0.3) is 0 Å². The van der Waals surface area contributed by atoms with Gasteiger partial charge in [0, 0.05) is 22.1 Å². The van der Waals surface area contributed by atoms with E-state index in [4.69, 9.17) is 9.97 Å². The fourth-order valence-electron chi connectivity index (χ4n) is 7.75. The molecule has 10 aromatic rings. The molecule has 0 N–H and O–H groups in total. The number of nitrogens with zero attached hydrogens (tertiary/aromatic N) is 2. The summed E-state index contributed by atoms with van der Waals surface area (Å²) in [6.45, 7) is 0. The molecule has 10 rings (SSSR count). The molecule has 2 aromatic heterocycles. The molecule has 0 bridgehead atoms. The molecule has 2 heterocycles. The van der Waals surface area contributed by atoms with E-state index < -0.39 is 0 Å². The predicted octanol–water partition coefficient (Wildman–Crippen LogP) is 13.9. The van der Waals surface area contributed by atoms with Crippen molar-refractivity contribution in [2.45, 2.75) is 0 Å². The van der Waals surface area contributed by atoms with Crippen LogP contribution in [0.15, 0.2) is 206 Å². The van der Waals surface area contributed by atoms with Gasteiger partial charge in [-0.2, -0.15) is 0 Å². The van der Waals surface area contributed by atoms with Crippen LogP contribution in [0.3, 0.4) is 0 Å². The lowest BCUT2D eigenvalue weighted by Crippen LogP contribution is -1.93. The number of hydrogen-bond donors (Lipinski definition) is 0. The van der Waals surface area contributed by atoms with Crippen LogP contribution in [0.25, 0.3) is 99.6 Å². The van der Waals surface area contributed by atoms with E-state index in [1.54, 1.807) is 0 Å². The van der Waals surface area contributed by atoms with Gasteiger partial charge in [-0.1, -0.05) is 176 Å². The van der Waals surface area contributed by atoms with Crippen LogP contribution in [-0.4, -0.2) is 9.97 Å². The number of hydrogen-bond acceptors (Lipinski definition) is 2. The maximum atomic E-state index is 5.31. The topological polar surface area (TPSA) is 25.8 Å². The maximum Gasteiger partial charge on any atom is 0.0722 e. The second kappa shape index (κ2) is 13.4. The van der Waals surface area contributed by atoms with Crippen molar-refractivity contribution in [1.29, 1.82) is 0 Å². The van der Waals surface area contributed by atoms with Crippen LogP contribution in [0.1, 0.15) is 0 Å². The molecule has 2 heteroatoms. The molecule has 0 radical (unpaired) electrons. The SMILES string of the molecule is c1ccc(-c2cc(-c3ccc(-c4cc(-c5cccc6ccccc56)nc5ccc(-c6cccc7ccccc67)cc45)cc3)cc(-c3ccccc3)n2)cc1. The van der Waals surface area contributed by atoms with Crippen LogP contribution in [0.2, 0.25) is 0 Å². The van der Waals surface area contributed by atoms with Crippen LogP contribution < -0.4 is 0 Å². The van der Waals surface area contributed by atoms with Crippen molar-refractivity contribution in [1.82, 2.24) is 9.97 Å². The Morgan fingerprint density at radius 2 is 0.759 bits per heavy atom. The summed E-state index contributed by atoms with van der Waals surface area (Å²) >= 11 is 0. The van der Waals surface area contributed by atoms with E-state index in [0.717, 1.165) is 66.9 Å². The number of pyridine rings is 2. The van der Waals surface area contributed by atoms with Gasteiger partial charge >= 0.3 is 0 Å². The van der Waals surface area contributed by atoms with Crippen molar-refractivity contribution in [2.75, 3.05) is 0 Å². The van der Waals surface area contributed by atoms with Crippen molar-refractivity contribution in [3.05, 3.63) is 206 Å². The van der Waals surface area contributed by atoms with E-state index in [0.29, 0.717) is 0 Å². The van der Waals surface area contributed by atoms with Crippen LogP contribution in [0, 0.1) is 0 Å². The Hall–Kier alpha value is -7.16. The lowest BCUT2D eigenvalue weighted by molar-refractivity contribution is 1.32. The first-order valence-electron chi connectivity index (χ1n) is 18.4. The fourth-order valence-corrected chi connectivity index (χ4v) is 7.75. The normalized spacial score (nSPS) is 11.3. The zero-order chi connectivity index (χ0) is 35.8. The molecule has 0 atom stereocenters. The van der Waals surface area contributed by atoms with E-state index in [-0.39, 0.29) is 0 Å². The molecular formula is C52H34N2. The number of rotatable bonds is 6. The Balaban J connectivity index is 1.14. The molecule has 0 amide bonds. The highest BCUT2D eigenvalue weighted by molar-refractivity contribution is 6.04. The second-order valence-corrected chi connectivity index (χ2v) is 13.8. The Morgan fingerprint density at radius 1 is 0.241 bits per heavy atom. The molecule has 0 unspecified atom stereocenters. The largest absolute Gasteiger partial charge is 0.248 e. The van der Waals surface area contributed by atoms with Crippen LogP contribution >= 0.6 is 0 Å². The molecular weight excluding hydrogens is 653 g/mol. The quantitative estimate of drug-likeness (QED) is 0.174. The fraction of sp³-hybridized carbons (Fsp3) is 0. The van der Waals surface area contributed by atoms with Gasteiger partial charge in [0.1, 0.15) is 0 Å². The van der Waals surface area contributed by atoms with Gasteiger partial charge < -0.3 is 0 Å². The Morgan fingerprint density at radius 3 is 1.41 bits per heavy atom. The summed E-state index contributed by atoms with van der Waals surface area (Å²) in [7, 11) is 0. The van der Waals surface area contributed by atoms with Crippen LogP contribution in [-0.2, 0) is 0 Å².